The lowest BCUT2D eigenvalue weighted by molar-refractivity contribution is 0.756. The average Bonchev–Trinajstić information content (AvgIpc) is 2.39. The van der Waals surface area contributed by atoms with E-state index in [2.05, 4.69) is 39.2 Å². The molecule has 1 aromatic heterocycles. The van der Waals surface area contributed by atoms with Gasteiger partial charge in [-0.15, -0.1) is 0 Å². The molecular formula is C14H18N4. The summed E-state index contributed by atoms with van der Waals surface area (Å²) in [5.41, 5.74) is 2.39. The molecule has 0 unspecified atom stereocenters. The molecule has 0 amide bonds. The van der Waals surface area contributed by atoms with Crippen molar-refractivity contribution in [1.82, 2.24) is 15.3 Å². The number of aromatic nitrogens is 2. The van der Waals surface area contributed by atoms with Gasteiger partial charge in [-0.05, 0) is 31.7 Å². The normalized spacial score (nSPS) is 10.4. The average molecular weight is 242 g/mol. The van der Waals surface area contributed by atoms with E-state index in [1.54, 1.807) is 6.20 Å². The first-order chi connectivity index (χ1) is 8.72. The molecule has 1 heterocycles. The topological polar surface area (TPSA) is 41.1 Å². The minimum absolute atomic E-state index is 0.676. The fourth-order valence-electron chi connectivity index (χ4n) is 1.88. The van der Waals surface area contributed by atoms with Gasteiger partial charge >= 0.3 is 0 Å². The van der Waals surface area contributed by atoms with Gasteiger partial charge < -0.3 is 10.2 Å². The van der Waals surface area contributed by atoms with Crippen LogP contribution in [0.3, 0.4) is 0 Å². The zero-order chi connectivity index (χ0) is 13.0. The SMILES string of the molecule is CNCc1nccc(N(C)c2ccccc2C)n1. The number of nitrogens with zero attached hydrogens (tertiary/aromatic N) is 3. The van der Waals surface area contributed by atoms with Crippen molar-refractivity contribution in [2.24, 2.45) is 0 Å². The van der Waals surface area contributed by atoms with Crippen molar-refractivity contribution in [3.8, 4) is 0 Å². The van der Waals surface area contributed by atoms with Crippen LogP contribution in [0, 0.1) is 6.92 Å². The molecule has 0 spiro atoms. The fraction of sp³-hybridized carbons (Fsp3) is 0.286. The molecule has 1 N–H and O–H groups in total. The molecule has 0 saturated carbocycles. The number of benzene rings is 1. The molecular weight excluding hydrogens is 224 g/mol. The molecule has 18 heavy (non-hydrogen) atoms. The molecule has 0 aliphatic carbocycles. The van der Waals surface area contributed by atoms with Crippen molar-refractivity contribution in [2.75, 3.05) is 19.0 Å². The summed E-state index contributed by atoms with van der Waals surface area (Å²) in [6.07, 6.45) is 1.80. The van der Waals surface area contributed by atoms with Crippen LogP contribution in [-0.2, 0) is 6.54 Å². The summed E-state index contributed by atoms with van der Waals surface area (Å²) in [7, 11) is 3.91. The fourth-order valence-corrected chi connectivity index (χ4v) is 1.88. The van der Waals surface area contributed by atoms with E-state index in [1.165, 1.54) is 5.56 Å². The van der Waals surface area contributed by atoms with Crippen LogP contribution in [0.4, 0.5) is 11.5 Å². The highest BCUT2D eigenvalue weighted by Gasteiger charge is 2.08. The van der Waals surface area contributed by atoms with Gasteiger partial charge in [-0.3, -0.25) is 0 Å². The maximum atomic E-state index is 4.53. The minimum Gasteiger partial charge on any atom is -0.329 e. The number of rotatable bonds is 4. The highest BCUT2D eigenvalue weighted by atomic mass is 15.2. The Morgan fingerprint density at radius 1 is 1.22 bits per heavy atom. The number of hydrogen-bond acceptors (Lipinski definition) is 4. The first-order valence-corrected chi connectivity index (χ1v) is 5.98. The Bertz CT molecular complexity index is 525. The molecule has 0 atom stereocenters. The first kappa shape index (κ1) is 12.5. The molecule has 0 saturated heterocycles. The molecule has 2 rings (SSSR count). The summed E-state index contributed by atoms with van der Waals surface area (Å²) in [5, 5.41) is 3.06. The lowest BCUT2D eigenvalue weighted by atomic mass is 10.2. The Hall–Kier alpha value is -1.94. The van der Waals surface area contributed by atoms with Gasteiger partial charge in [0.2, 0.25) is 0 Å². The highest BCUT2D eigenvalue weighted by molar-refractivity contribution is 5.62. The van der Waals surface area contributed by atoms with Crippen LogP contribution in [0.1, 0.15) is 11.4 Å². The van der Waals surface area contributed by atoms with E-state index in [1.807, 2.05) is 32.3 Å². The molecule has 2 aromatic rings. The predicted octanol–water partition coefficient (Wildman–Crippen LogP) is 2.27. The Balaban J connectivity index is 2.31. The van der Waals surface area contributed by atoms with Gasteiger partial charge in [0.15, 0.2) is 0 Å². The summed E-state index contributed by atoms with van der Waals surface area (Å²) in [4.78, 5) is 10.8. The van der Waals surface area contributed by atoms with Gasteiger partial charge in [0.25, 0.3) is 0 Å². The highest BCUT2D eigenvalue weighted by Crippen LogP contribution is 2.24. The predicted molar refractivity (Wildman–Crippen MR) is 74.0 cm³/mol. The van der Waals surface area contributed by atoms with Crippen LogP contribution in [-0.4, -0.2) is 24.1 Å². The minimum atomic E-state index is 0.676. The molecule has 1 aromatic carbocycles. The standard InChI is InChI=1S/C14H18N4/c1-11-6-4-5-7-12(11)18(3)14-8-9-16-13(17-14)10-15-2/h4-9,15H,10H2,1-3H3. The number of hydrogen-bond donors (Lipinski definition) is 1. The van der Waals surface area contributed by atoms with Gasteiger partial charge in [0, 0.05) is 18.9 Å². The monoisotopic (exact) mass is 242 g/mol. The van der Waals surface area contributed by atoms with E-state index >= 15 is 0 Å². The zero-order valence-electron chi connectivity index (χ0n) is 11.0. The van der Waals surface area contributed by atoms with E-state index in [4.69, 9.17) is 0 Å². The summed E-state index contributed by atoms with van der Waals surface area (Å²) in [6, 6.07) is 10.2. The van der Waals surface area contributed by atoms with Gasteiger partial charge in [-0.1, -0.05) is 18.2 Å². The van der Waals surface area contributed by atoms with E-state index in [0.717, 1.165) is 17.3 Å². The molecule has 0 radical (unpaired) electrons. The quantitative estimate of drug-likeness (QED) is 0.893. The largest absolute Gasteiger partial charge is 0.329 e. The third kappa shape index (κ3) is 2.65. The van der Waals surface area contributed by atoms with Crippen LogP contribution < -0.4 is 10.2 Å². The first-order valence-electron chi connectivity index (χ1n) is 5.98. The van der Waals surface area contributed by atoms with E-state index in [0.29, 0.717) is 6.54 Å². The van der Waals surface area contributed by atoms with E-state index in [9.17, 15) is 0 Å². The van der Waals surface area contributed by atoms with Gasteiger partial charge in [-0.25, -0.2) is 9.97 Å². The number of nitrogens with one attached hydrogen (secondary N) is 1. The summed E-state index contributed by atoms with van der Waals surface area (Å²) in [5.74, 6) is 1.71. The molecule has 0 fully saturated rings. The Morgan fingerprint density at radius 3 is 2.72 bits per heavy atom. The Labute approximate surface area is 108 Å². The second-order valence-electron chi connectivity index (χ2n) is 4.21. The van der Waals surface area contributed by atoms with Crippen molar-refractivity contribution in [1.29, 1.82) is 0 Å². The molecule has 0 aliphatic heterocycles. The second-order valence-corrected chi connectivity index (χ2v) is 4.21. The second kappa shape index (κ2) is 5.60. The van der Waals surface area contributed by atoms with Crippen molar-refractivity contribution in [2.45, 2.75) is 13.5 Å². The lowest BCUT2D eigenvalue weighted by Crippen LogP contribution is -2.15. The van der Waals surface area contributed by atoms with Crippen LogP contribution in [0.15, 0.2) is 36.5 Å². The molecule has 4 nitrogen and oxygen atoms in total. The van der Waals surface area contributed by atoms with Gasteiger partial charge in [0.1, 0.15) is 11.6 Å². The summed E-state index contributed by atoms with van der Waals surface area (Å²) < 4.78 is 0. The van der Waals surface area contributed by atoms with Crippen LogP contribution in [0.5, 0.6) is 0 Å². The summed E-state index contributed by atoms with van der Waals surface area (Å²) in [6.45, 7) is 2.77. The van der Waals surface area contributed by atoms with Crippen molar-refractivity contribution in [3.63, 3.8) is 0 Å². The van der Waals surface area contributed by atoms with E-state index < -0.39 is 0 Å². The molecule has 94 valence electrons. The van der Waals surface area contributed by atoms with Gasteiger partial charge in [-0.2, -0.15) is 0 Å². The number of aryl methyl sites for hydroxylation is 1. The van der Waals surface area contributed by atoms with Crippen molar-refractivity contribution in [3.05, 3.63) is 47.9 Å². The van der Waals surface area contributed by atoms with Crippen molar-refractivity contribution < 1.29 is 0 Å². The van der Waals surface area contributed by atoms with Crippen LogP contribution in [0.25, 0.3) is 0 Å². The van der Waals surface area contributed by atoms with Crippen molar-refractivity contribution >= 4 is 11.5 Å². The van der Waals surface area contributed by atoms with Gasteiger partial charge in [0.05, 0.1) is 6.54 Å². The third-order valence-corrected chi connectivity index (χ3v) is 2.85. The Kier molecular flexibility index (Phi) is 3.89. The molecule has 0 aliphatic rings. The zero-order valence-corrected chi connectivity index (χ0v) is 11.0. The maximum Gasteiger partial charge on any atom is 0.144 e. The third-order valence-electron chi connectivity index (χ3n) is 2.85. The molecule has 4 heteroatoms. The smallest absolute Gasteiger partial charge is 0.144 e. The van der Waals surface area contributed by atoms with E-state index in [-0.39, 0.29) is 0 Å². The summed E-state index contributed by atoms with van der Waals surface area (Å²) >= 11 is 0. The Morgan fingerprint density at radius 2 is 2.00 bits per heavy atom. The van der Waals surface area contributed by atoms with Crippen LogP contribution >= 0.6 is 0 Å². The number of anilines is 2. The van der Waals surface area contributed by atoms with Crippen LogP contribution in [0.2, 0.25) is 0 Å². The maximum absolute atomic E-state index is 4.53. The lowest BCUT2D eigenvalue weighted by Gasteiger charge is -2.20. The molecule has 0 bridgehead atoms. The number of para-hydroxylation sites is 1.